The third-order valence-corrected chi connectivity index (χ3v) is 6.91. The van der Waals surface area contributed by atoms with Gasteiger partial charge in [-0.15, -0.1) is 11.3 Å². The molecule has 0 aromatic carbocycles. The van der Waals surface area contributed by atoms with Gasteiger partial charge in [-0.25, -0.2) is 13.2 Å². The molecule has 24 heavy (non-hydrogen) atoms. The Balaban J connectivity index is 1.66. The number of H-pyrrole nitrogens is 1. The van der Waals surface area contributed by atoms with E-state index in [1.807, 2.05) is 11.4 Å². The normalized spacial score (nSPS) is 16.2. The summed E-state index contributed by atoms with van der Waals surface area (Å²) >= 11 is 4.84. The molecule has 0 atom stereocenters. The summed E-state index contributed by atoms with van der Waals surface area (Å²) in [6, 6.07) is 3.16. The van der Waals surface area contributed by atoms with Crippen LogP contribution in [0.25, 0.3) is 0 Å². The molecule has 3 heterocycles. The number of morpholine rings is 1. The first-order valence-corrected chi connectivity index (χ1v) is 10.2. The molecule has 2 aromatic rings. The zero-order chi connectivity index (χ0) is 17.2. The lowest BCUT2D eigenvalue weighted by Gasteiger charge is -2.25. The fourth-order valence-corrected chi connectivity index (χ4v) is 4.82. The van der Waals surface area contributed by atoms with E-state index in [1.165, 1.54) is 27.9 Å². The van der Waals surface area contributed by atoms with Gasteiger partial charge in [0.15, 0.2) is 0 Å². The van der Waals surface area contributed by atoms with Crippen LogP contribution in [0, 0.1) is 0 Å². The highest BCUT2D eigenvalue weighted by Crippen LogP contribution is 2.22. The first-order valence-electron chi connectivity index (χ1n) is 7.13. The van der Waals surface area contributed by atoms with E-state index in [0.29, 0.717) is 26.3 Å². The van der Waals surface area contributed by atoms with Crippen molar-refractivity contribution in [3.63, 3.8) is 0 Å². The maximum absolute atomic E-state index is 12.5. The van der Waals surface area contributed by atoms with Gasteiger partial charge in [0.1, 0.15) is 17.2 Å². The first kappa shape index (κ1) is 17.6. The molecule has 1 aliphatic heterocycles. The largest absolute Gasteiger partial charge is 0.456 e. The summed E-state index contributed by atoms with van der Waals surface area (Å²) in [4.78, 5) is 14.8. The van der Waals surface area contributed by atoms with Crippen molar-refractivity contribution in [3.05, 3.63) is 38.8 Å². The van der Waals surface area contributed by atoms with Crippen molar-refractivity contribution in [2.75, 3.05) is 26.3 Å². The van der Waals surface area contributed by atoms with Crippen molar-refractivity contribution in [2.24, 2.45) is 0 Å². The Morgan fingerprint density at radius 2 is 2.12 bits per heavy atom. The van der Waals surface area contributed by atoms with Gasteiger partial charge in [-0.05, 0) is 33.4 Å². The molecular formula is C14H15BrN2O5S2. The highest BCUT2D eigenvalue weighted by molar-refractivity contribution is 9.11. The van der Waals surface area contributed by atoms with Gasteiger partial charge in [0.2, 0.25) is 10.0 Å². The summed E-state index contributed by atoms with van der Waals surface area (Å²) in [6.07, 6.45) is 1.31. The standard InChI is InChI=1S/C14H15BrN2O5S2/c15-13-5-10(9-23-13)8-22-14(18)12-6-11(7-16-12)24(19,20)17-1-3-21-4-2-17/h5-7,9,16H,1-4,8H2. The Bertz CT molecular complexity index is 824. The van der Waals surface area contributed by atoms with Crippen molar-refractivity contribution < 1.29 is 22.7 Å². The van der Waals surface area contributed by atoms with Crippen LogP contribution in [0.3, 0.4) is 0 Å². The molecule has 0 spiro atoms. The van der Waals surface area contributed by atoms with Crippen LogP contribution in [0.4, 0.5) is 0 Å². The molecule has 0 radical (unpaired) electrons. The van der Waals surface area contributed by atoms with Crippen LogP contribution in [0.15, 0.2) is 32.4 Å². The van der Waals surface area contributed by atoms with E-state index in [0.717, 1.165) is 9.35 Å². The predicted molar refractivity (Wildman–Crippen MR) is 91.5 cm³/mol. The Labute approximate surface area is 151 Å². The SMILES string of the molecule is O=C(OCc1csc(Br)c1)c1cc(S(=O)(=O)N2CCOCC2)c[nH]1. The molecule has 1 fully saturated rings. The van der Waals surface area contributed by atoms with E-state index in [2.05, 4.69) is 20.9 Å². The third kappa shape index (κ3) is 3.89. The number of nitrogens with zero attached hydrogens (tertiary/aromatic N) is 1. The average molecular weight is 435 g/mol. The van der Waals surface area contributed by atoms with Crippen molar-refractivity contribution in [1.82, 2.24) is 9.29 Å². The smallest absolute Gasteiger partial charge is 0.355 e. The maximum atomic E-state index is 12.5. The Hall–Kier alpha value is -1.20. The van der Waals surface area contributed by atoms with Crippen LogP contribution in [-0.4, -0.2) is 50.0 Å². The molecule has 130 valence electrons. The number of carbonyl (C=O) groups excluding carboxylic acids is 1. The number of rotatable bonds is 5. The molecule has 0 bridgehead atoms. The van der Waals surface area contributed by atoms with Crippen molar-refractivity contribution in [1.29, 1.82) is 0 Å². The maximum Gasteiger partial charge on any atom is 0.355 e. The summed E-state index contributed by atoms with van der Waals surface area (Å²) in [5.74, 6) is -0.597. The third-order valence-electron chi connectivity index (χ3n) is 3.48. The van der Waals surface area contributed by atoms with Crippen LogP contribution in [0.5, 0.6) is 0 Å². The number of aromatic nitrogens is 1. The number of thiophene rings is 1. The van der Waals surface area contributed by atoms with E-state index >= 15 is 0 Å². The number of nitrogens with one attached hydrogen (secondary N) is 1. The van der Waals surface area contributed by atoms with Crippen LogP contribution < -0.4 is 0 Å². The zero-order valence-corrected chi connectivity index (χ0v) is 15.7. The zero-order valence-electron chi connectivity index (χ0n) is 12.5. The second-order valence-electron chi connectivity index (χ2n) is 5.10. The van der Waals surface area contributed by atoms with Crippen LogP contribution in [0.1, 0.15) is 16.1 Å². The molecule has 0 saturated carbocycles. The van der Waals surface area contributed by atoms with Gasteiger partial charge < -0.3 is 14.5 Å². The van der Waals surface area contributed by atoms with Crippen molar-refractivity contribution in [3.8, 4) is 0 Å². The van der Waals surface area contributed by atoms with Crippen LogP contribution >= 0.6 is 27.3 Å². The lowest BCUT2D eigenvalue weighted by atomic mass is 10.4. The summed E-state index contributed by atoms with van der Waals surface area (Å²) in [5, 5.41) is 1.88. The van der Waals surface area contributed by atoms with E-state index in [-0.39, 0.29) is 17.2 Å². The molecule has 3 rings (SSSR count). The van der Waals surface area contributed by atoms with Crippen molar-refractivity contribution in [2.45, 2.75) is 11.5 Å². The monoisotopic (exact) mass is 434 g/mol. The van der Waals surface area contributed by atoms with Crippen LogP contribution in [-0.2, 0) is 26.1 Å². The van der Waals surface area contributed by atoms with Gasteiger partial charge in [-0.3, -0.25) is 0 Å². The number of aromatic amines is 1. The van der Waals surface area contributed by atoms with Gasteiger partial charge in [-0.1, -0.05) is 0 Å². The number of sulfonamides is 1. The quantitative estimate of drug-likeness (QED) is 0.728. The van der Waals surface area contributed by atoms with Gasteiger partial charge in [0.05, 0.1) is 17.0 Å². The second-order valence-corrected chi connectivity index (χ2v) is 9.33. The fraction of sp³-hybridized carbons (Fsp3) is 0.357. The Morgan fingerprint density at radius 3 is 2.79 bits per heavy atom. The Morgan fingerprint density at radius 1 is 1.38 bits per heavy atom. The van der Waals surface area contributed by atoms with Gasteiger partial charge in [-0.2, -0.15) is 4.31 Å². The minimum absolute atomic E-state index is 0.0506. The summed E-state index contributed by atoms with van der Waals surface area (Å²) < 4.78 is 37.6. The average Bonchev–Trinajstić information content (AvgIpc) is 3.23. The lowest BCUT2D eigenvalue weighted by Crippen LogP contribution is -2.40. The molecule has 1 N–H and O–H groups in total. The highest BCUT2D eigenvalue weighted by Gasteiger charge is 2.28. The number of ether oxygens (including phenoxy) is 2. The molecule has 0 unspecified atom stereocenters. The summed E-state index contributed by atoms with van der Waals surface area (Å²) in [6.45, 7) is 1.48. The lowest BCUT2D eigenvalue weighted by molar-refractivity contribution is 0.0467. The molecule has 10 heteroatoms. The van der Waals surface area contributed by atoms with E-state index in [4.69, 9.17) is 9.47 Å². The molecule has 7 nitrogen and oxygen atoms in total. The van der Waals surface area contributed by atoms with E-state index in [9.17, 15) is 13.2 Å². The van der Waals surface area contributed by atoms with Gasteiger partial charge in [0, 0.05) is 24.8 Å². The fourth-order valence-electron chi connectivity index (χ4n) is 2.23. The highest BCUT2D eigenvalue weighted by atomic mass is 79.9. The number of hydrogen-bond donors (Lipinski definition) is 1. The topological polar surface area (TPSA) is 88.7 Å². The van der Waals surface area contributed by atoms with Gasteiger partial charge >= 0.3 is 5.97 Å². The number of carbonyl (C=O) groups is 1. The number of hydrogen-bond acceptors (Lipinski definition) is 6. The second kappa shape index (κ2) is 7.36. The molecular weight excluding hydrogens is 420 g/mol. The molecule has 0 amide bonds. The molecule has 1 saturated heterocycles. The van der Waals surface area contributed by atoms with Crippen LogP contribution in [0.2, 0.25) is 0 Å². The predicted octanol–water partition coefficient (Wildman–Crippen LogP) is 2.22. The molecule has 1 aliphatic rings. The minimum atomic E-state index is -3.63. The minimum Gasteiger partial charge on any atom is -0.456 e. The number of halogens is 1. The molecule has 2 aromatic heterocycles. The van der Waals surface area contributed by atoms with E-state index < -0.39 is 16.0 Å². The number of esters is 1. The van der Waals surface area contributed by atoms with E-state index in [1.54, 1.807) is 0 Å². The summed E-state index contributed by atoms with van der Waals surface area (Å²) in [5.41, 5.74) is 0.976. The summed E-state index contributed by atoms with van der Waals surface area (Å²) in [7, 11) is -3.63. The molecule has 0 aliphatic carbocycles. The first-order chi connectivity index (χ1) is 11.5. The van der Waals surface area contributed by atoms with Crippen molar-refractivity contribution >= 4 is 43.3 Å². The Kier molecular flexibility index (Phi) is 5.40. The van der Waals surface area contributed by atoms with Gasteiger partial charge in [0.25, 0.3) is 0 Å².